The van der Waals surface area contributed by atoms with E-state index in [1.807, 2.05) is 60.7 Å². The lowest BCUT2D eigenvalue weighted by Crippen LogP contribution is -2.51. The molecule has 9 heteroatoms. The molecule has 4 aromatic rings. The minimum absolute atomic E-state index is 0.267. The van der Waals surface area contributed by atoms with Crippen molar-refractivity contribution in [1.82, 2.24) is 14.5 Å². The average molecular weight is 576 g/mol. The Bertz CT molecular complexity index is 1460. The van der Waals surface area contributed by atoms with E-state index in [1.165, 1.54) is 24.3 Å². The van der Waals surface area contributed by atoms with E-state index in [0.29, 0.717) is 26.2 Å². The first-order chi connectivity index (χ1) is 19.8. The number of nitrogens with zero attached hydrogens (tertiary/aromatic N) is 2. The molecule has 0 radical (unpaired) electrons. The number of nitrogens with one attached hydrogen (secondary N) is 1. The lowest BCUT2D eigenvalue weighted by molar-refractivity contribution is -0.130. The third-order valence-corrected chi connectivity index (χ3v) is 8.50. The summed E-state index contributed by atoms with van der Waals surface area (Å²) in [5.41, 5.74) is 3.24. The first-order valence-corrected chi connectivity index (χ1v) is 15.1. The van der Waals surface area contributed by atoms with E-state index in [0.717, 1.165) is 22.3 Å². The van der Waals surface area contributed by atoms with Crippen molar-refractivity contribution in [2.24, 2.45) is 0 Å². The van der Waals surface area contributed by atoms with Crippen LogP contribution in [0.5, 0.6) is 0 Å². The van der Waals surface area contributed by atoms with Crippen LogP contribution in [-0.4, -0.2) is 56.1 Å². The largest absolute Gasteiger partial charge is 0.339 e. The number of hydrogen-bond donors (Lipinski definition) is 1. The Morgan fingerprint density at radius 1 is 0.659 bits per heavy atom. The van der Waals surface area contributed by atoms with Crippen LogP contribution < -0.4 is 4.72 Å². The van der Waals surface area contributed by atoms with Gasteiger partial charge in [-0.15, -0.1) is 0 Å². The Morgan fingerprint density at radius 2 is 1.10 bits per heavy atom. The topological polar surface area (TPSA) is 69.7 Å². The molecular formula is C32H31F2N3O3S. The van der Waals surface area contributed by atoms with Crippen LogP contribution in [0.2, 0.25) is 0 Å². The van der Waals surface area contributed by atoms with Crippen molar-refractivity contribution in [2.45, 2.75) is 12.1 Å². The highest BCUT2D eigenvalue weighted by molar-refractivity contribution is 7.90. The van der Waals surface area contributed by atoms with Gasteiger partial charge < -0.3 is 4.90 Å². The van der Waals surface area contributed by atoms with Crippen LogP contribution in [0.1, 0.15) is 34.3 Å². The minimum Gasteiger partial charge on any atom is -0.339 e. The van der Waals surface area contributed by atoms with Crippen molar-refractivity contribution >= 4 is 15.9 Å². The molecule has 0 saturated carbocycles. The summed E-state index contributed by atoms with van der Waals surface area (Å²) in [4.78, 5) is 16.9. The van der Waals surface area contributed by atoms with Crippen LogP contribution in [0.4, 0.5) is 8.78 Å². The van der Waals surface area contributed by atoms with E-state index in [1.54, 1.807) is 29.2 Å². The first kappa shape index (κ1) is 28.6. The molecule has 0 aromatic heterocycles. The molecule has 5 rings (SSSR count). The summed E-state index contributed by atoms with van der Waals surface area (Å²) in [6, 6.07) is 30.0. The van der Waals surface area contributed by atoms with E-state index < -0.39 is 27.7 Å². The normalized spacial score (nSPS) is 14.5. The maximum absolute atomic E-state index is 13.6. The van der Waals surface area contributed by atoms with E-state index in [-0.39, 0.29) is 17.7 Å². The standard InChI is InChI=1S/C32H31F2N3O3S/c33-28-15-11-26(12-16-28)32(27-13-17-29(34)18-14-27)37-21-19-36(20-22-37)30(38)23-41(39,40)35-31(24-7-3-1-4-8-24)25-9-5-2-6-10-25/h1-18,31-32,35H,19-23H2. The quantitative estimate of drug-likeness (QED) is 0.308. The number of rotatable bonds is 9. The average Bonchev–Trinajstić information content (AvgIpc) is 2.99. The molecule has 0 aliphatic carbocycles. The van der Waals surface area contributed by atoms with Gasteiger partial charge in [-0.3, -0.25) is 9.69 Å². The fraction of sp³-hybridized carbons (Fsp3) is 0.219. The van der Waals surface area contributed by atoms with Crippen molar-refractivity contribution in [3.8, 4) is 0 Å². The van der Waals surface area contributed by atoms with Gasteiger partial charge in [-0.25, -0.2) is 21.9 Å². The highest BCUT2D eigenvalue weighted by Crippen LogP contribution is 2.30. The summed E-state index contributed by atoms with van der Waals surface area (Å²) in [5, 5.41) is 0. The molecule has 4 aromatic carbocycles. The zero-order chi connectivity index (χ0) is 28.8. The van der Waals surface area contributed by atoms with Gasteiger partial charge in [-0.1, -0.05) is 84.9 Å². The molecular weight excluding hydrogens is 544 g/mol. The van der Waals surface area contributed by atoms with Gasteiger partial charge in [0.15, 0.2) is 0 Å². The lowest BCUT2D eigenvalue weighted by Gasteiger charge is -2.39. The second kappa shape index (κ2) is 12.7. The van der Waals surface area contributed by atoms with Gasteiger partial charge in [-0.05, 0) is 46.5 Å². The second-order valence-electron chi connectivity index (χ2n) is 10.1. The number of hydrogen-bond acceptors (Lipinski definition) is 4. The van der Waals surface area contributed by atoms with Crippen LogP contribution in [-0.2, 0) is 14.8 Å². The van der Waals surface area contributed by atoms with E-state index in [2.05, 4.69) is 9.62 Å². The third kappa shape index (κ3) is 7.24. The number of sulfonamides is 1. The van der Waals surface area contributed by atoms with Crippen molar-refractivity contribution in [3.05, 3.63) is 143 Å². The van der Waals surface area contributed by atoms with Crippen LogP contribution in [0.25, 0.3) is 0 Å². The summed E-state index contributed by atoms with van der Waals surface area (Å²) in [6.45, 7) is 1.59. The van der Waals surface area contributed by atoms with Gasteiger partial charge in [0, 0.05) is 26.2 Å². The Hall–Kier alpha value is -3.92. The molecule has 0 atom stereocenters. The maximum atomic E-state index is 13.6. The number of benzene rings is 4. The van der Waals surface area contributed by atoms with E-state index in [4.69, 9.17) is 0 Å². The van der Waals surface area contributed by atoms with Crippen molar-refractivity contribution in [3.63, 3.8) is 0 Å². The molecule has 0 unspecified atom stereocenters. The van der Waals surface area contributed by atoms with Gasteiger partial charge in [-0.2, -0.15) is 0 Å². The zero-order valence-electron chi connectivity index (χ0n) is 22.4. The molecule has 0 spiro atoms. The Labute approximate surface area is 239 Å². The van der Waals surface area contributed by atoms with Gasteiger partial charge in [0.05, 0.1) is 12.1 Å². The van der Waals surface area contributed by atoms with Crippen LogP contribution in [0.15, 0.2) is 109 Å². The highest BCUT2D eigenvalue weighted by Gasteiger charge is 2.31. The number of halogens is 2. The molecule has 1 saturated heterocycles. The van der Waals surface area contributed by atoms with Crippen LogP contribution >= 0.6 is 0 Å². The van der Waals surface area contributed by atoms with Crippen molar-refractivity contribution in [1.29, 1.82) is 0 Å². The molecule has 1 heterocycles. The number of carbonyl (C=O) groups excluding carboxylic acids is 1. The lowest BCUT2D eigenvalue weighted by atomic mass is 9.96. The number of amides is 1. The SMILES string of the molecule is O=C(CS(=O)(=O)NC(c1ccccc1)c1ccccc1)N1CCN(C(c2ccc(F)cc2)c2ccc(F)cc2)CC1. The van der Waals surface area contributed by atoms with Crippen LogP contribution in [0, 0.1) is 11.6 Å². The van der Waals surface area contributed by atoms with Crippen molar-refractivity contribution < 1.29 is 22.0 Å². The molecule has 41 heavy (non-hydrogen) atoms. The Balaban J connectivity index is 1.27. The summed E-state index contributed by atoms with van der Waals surface area (Å²) in [6.07, 6.45) is 0. The molecule has 0 bridgehead atoms. The van der Waals surface area contributed by atoms with E-state index in [9.17, 15) is 22.0 Å². The Morgan fingerprint density at radius 3 is 1.54 bits per heavy atom. The molecule has 1 N–H and O–H groups in total. The zero-order valence-corrected chi connectivity index (χ0v) is 23.2. The summed E-state index contributed by atoms with van der Waals surface area (Å²) in [5.74, 6) is -1.84. The van der Waals surface area contributed by atoms with E-state index >= 15 is 0 Å². The highest BCUT2D eigenvalue weighted by atomic mass is 32.2. The minimum atomic E-state index is -3.98. The van der Waals surface area contributed by atoms with Gasteiger partial charge >= 0.3 is 0 Å². The number of piperazine rings is 1. The Kier molecular flexibility index (Phi) is 8.87. The van der Waals surface area contributed by atoms with Gasteiger partial charge in [0.1, 0.15) is 17.4 Å². The summed E-state index contributed by atoms with van der Waals surface area (Å²) < 4.78 is 56.4. The fourth-order valence-electron chi connectivity index (χ4n) is 5.23. The third-order valence-electron chi connectivity index (χ3n) is 7.28. The monoisotopic (exact) mass is 575 g/mol. The van der Waals surface area contributed by atoms with Gasteiger partial charge in [0.2, 0.25) is 15.9 Å². The molecule has 1 amide bonds. The first-order valence-electron chi connectivity index (χ1n) is 13.4. The van der Waals surface area contributed by atoms with Gasteiger partial charge in [0.25, 0.3) is 0 Å². The molecule has 6 nitrogen and oxygen atoms in total. The molecule has 1 aliphatic heterocycles. The predicted octanol–water partition coefficient (Wildman–Crippen LogP) is 4.91. The molecule has 212 valence electrons. The fourth-order valence-corrected chi connectivity index (χ4v) is 6.45. The smallest absolute Gasteiger partial charge is 0.239 e. The number of carbonyl (C=O) groups is 1. The predicted molar refractivity (Wildman–Crippen MR) is 154 cm³/mol. The second-order valence-corrected chi connectivity index (χ2v) is 11.8. The molecule has 1 aliphatic rings. The molecule has 1 fully saturated rings. The summed E-state index contributed by atoms with van der Waals surface area (Å²) in [7, 11) is -3.98. The maximum Gasteiger partial charge on any atom is 0.239 e. The van der Waals surface area contributed by atoms with Crippen LogP contribution in [0.3, 0.4) is 0 Å². The van der Waals surface area contributed by atoms with Crippen molar-refractivity contribution in [2.75, 3.05) is 31.9 Å². The summed E-state index contributed by atoms with van der Waals surface area (Å²) >= 11 is 0.